The fraction of sp³-hybridized carbons (Fsp3) is 0.400. The van der Waals surface area contributed by atoms with Gasteiger partial charge in [-0.25, -0.2) is 0 Å². The predicted molar refractivity (Wildman–Crippen MR) is 135 cm³/mol. The first-order chi connectivity index (χ1) is 16.5. The maximum absolute atomic E-state index is 13.3. The Bertz CT molecular complexity index is 1090. The maximum Gasteiger partial charge on any atom is 0.238 e. The van der Waals surface area contributed by atoms with E-state index >= 15 is 0 Å². The Morgan fingerprint density at radius 3 is 2.35 bits per heavy atom. The van der Waals surface area contributed by atoms with Crippen LogP contribution >= 0.6 is 11.8 Å². The van der Waals surface area contributed by atoms with Crippen LogP contribution in [0.2, 0.25) is 0 Å². The minimum absolute atomic E-state index is 0.0726. The minimum Gasteiger partial charge on any atom is -0.497 e. The van der Waals surface area contributed by atoms with Crippen LogP contribution in [0.3, 0.4) is 0 Å². The lowest BCUT2D eigenvalue weighted by molar-refractivity contribution is -0.116. The number of carbonyl (C=O) groups excluding carboxylic acids is 1. The molecule has 0 bridgehead atoms. The third-order valence-electron chi connectivity index (χ3n) is 5.66. The number of hydrogen-bond donors (Lipinski definition) is 1. The van der Waals surface area contributed by atoms with Crippen molar-refractivity contribution in [2.75, 3.05) is 43.6 Å². The molecule has 0 saturated carbocycles. The summed E-state index contributed by atoms with van der Waals surface area (Å²) in [6.07, 6.45) is 0. The molecule has 0 spiro atoms. The van der Waals surface area contributed by atoms with E-state index in [4.69, 9.17) is 9.47 Å². The van der Waals surface area contributed by atoms with Crippen LogP contribution in [0.4, 0.5) is 11.6 Å². The Morgan fingerprint density at radius 2 is 1.74 bits per heavy atom. The number of rotatable bonds is 8. The molecule has 9 heteroatoms. The quantitative estimate of drug-likeness (QED) is 0.484. The van der Waals surface area contributed by atoms with E-state index in [0.29, 0.717) is 18.4 Å². The summed E-state index contributed by atoms with van der Waals surface area (Å²) in [7, 11) is 1.62. The number of morpholine rings is 1. The topological polar surface area (TPSA) is 81.5 Å². The Balaban J connectivity index is 1.62. The van der Waals surface area contributed by atoms with Gasteiger partial charge in [0.2, 0.25) is 11.9 Å². The SMILES string of the molecule is COc1ccc(NC(=O)C(Sc2nnc(N3CCOCC3)n2-c2ccc(C)cc2)C(C)C)cc1. The highest BCUT2D eigenvalue weighted by Crippen LogP contribution is 2.33. The average molecular weight is 482 g/mol. The smallest absolute Gasteiger partial charge is 0.238 e. The van der Waals surface area contributed by atoms with E-state index in [9.17, 15) is 4.79 Å². The summed E-state index contributed by atoms with van der Waals surface area (Å²) in [4.78, 5) is 15.4. The third-order valence-corrected chi connectivity index (χ3v) is 7.14. The van der Waals surface area contributed by atoms with Crippen molar-refractivity contribution in [1.82, 2.24) is 14.8 Å². The average Bonchev–Trinajstić information content (AvgIpc) is 3.27. The monoisotopic (exact) mass is 481 g/mol. The molecule has 1 unspecified atom stereocenters. The van der Waals surface area contributed by atoms with Crippen LogP contribution in [0, 0.1) is 12.8 Å². The van der Waals surface area contributed by atoms with Crippen molar-refractivity contribution in [2.45, 2.75) is 31.2 Å². The Labute approximate surface area is 204 Å². The fourth-order valence-corrected chi connectivity index (χ4v) is 4.77. The minimum atomic E-state index is -0.354. The second-order valence-electron chi connectivity index (χ2n) is 8.55. The first kappa shape index (κ1) is 24.1. The van der Waals surface area contributed by atoms with Crippen molar-refractivity contribution >= 4 is 29.3 Å². The van der Waals surface area contributed by atoms with Gasteiger partial charge in [0.1, 0.15) is 5.75 Å². The zero-order valence-electron chi connectivity index (χ0n) is 20.0. The summed E-state index contributed by atoms with van der Waals surface area (Å²) < 4.78 is 12.8. The van der Waals surface area contributed by atoms with Crippen LogP contribution < -0.4 is 15.0 Å². The summed E-state index contributed by atoms with van der Waals surface area (Å²) >= 11 is 1.44. The molecule has 8 nitrogen and oxygen atoms in total. The van der Waals surface area contributed by atoms with Gasteiger partial charge in [-0.3, -0.25) is 9.36 Å². The van der Waals surface area contributed by atoms with Gasteiger partial charge in [-0.15, -0.1) is 10.2 Å². The molecule has 34 heavy (non-hydrogen) atoms. The number of carbonyl (C=O) groups is 1. The fourth-order valence-electron chi connectivity index (χ4n) is 3.72. The Hall–Kier alpha value is -3.04. The molecule has 1 aliphatic heterocycles. The second kappa shape index (κ2) is 10.9. The first-order valence-electron chi connectivity index (χ1n) is 11.4. The lowest BCUT2D eigenvalue weighted by atomic mass is 10.1. The number of nitrogens with zero attached hydrogens (tertiary/aromatic N) is 4. The highest BCUT2D eigenvalue weighted by atomic mass is 32.2. The molecule has 1 atom stereocenters. The summed E-state index contributed by atoms with van der Waals surface area (Å²) in [5.41, 5.74) is 2.88. The third kappa shape index (κ3) is 5.53. The van der Waals surface area contributed by atoms with E-state index < -0.39 is 0 Å². The normalized spacial score (nSPS) is 14.8. The molecule has 0 radical (unpaired) electrons. The highest BCUT2D eigenvalue weighted by molar-refractivity contribution is 8.00. The number of thioether (sulfide) groups is 1. The van der Waals surface area contributed by atoms with E-state index in [1.807, 2.05) is 42.7 Å². The lowest BCUT2D eigenvalue weighted by Gasteiger charge is -2.28. The van der Waals surface area contributed by atoms with Gasteiger partial charge in [0.25, 0.3) is 0 Å². The summed E-state index contributed by atoms with van der Waals surface area (Å²) in [5, 5.41) is 12.4. The van der Waals surface area contributed by atoms with Crippen LogP contribution in [0.5, 0.6) is 5.75 Å². The van der Waals surface area contributed by atoms with Crippen LogP contribution in [0.15, 0.2) is 53.7 Å². The Morgan fingerprint density at radius 1 is 1.06 bits per heavy atom. The molecule has 2 aromatic carbocycles. The molecule has 1 fully saturated rings. The van der Waals surface area contributed by atoms with Crippen LogP contribution in [0.1, 0.15) is 19.4 Å². The summed E-state index contributed by atoms with van der Waals surface area (Å²) in [6.45, 7) is 8.96. The second-order valence-corrected chi connectivity index (χ2v) is 9.66. The van der Waals surface area contributed by atoms with E-state index in [2.05, 4.69) is 51.6 Å². The van der Waals surface area contributed by atoms with Crippen molar-refractivity contribution < 1.29 is 14.3 Å². The van der Waals surface area contributed by atoms with Crippen molar-refractivity contribution in [1.29, 1.82) is 0 Å². The highest BCUT2D eigenvalue weighted by Gasteiger charge is 2.29. The number of aromatic nitrogens is 3. The molecule has 1 amide bonds. The van der Waals surface area contributed by atoms with E-state index in [1.165, 1.54) is 17.3 Å². The van der Waals surface area contributed by atoms with Crippen LogP contribution in [-0.2, 0) is 9.53 Å². The number of amides is 1. The van der Waals surface area contributed by atoms with Crippen molar-refractivity contribution in [2.24, 2.45) is 5.92 Å². The van der Waals surface area contributed by atoms with Crippen LogP contribution in [0.25, 0.3) is 5.69 Å². The van der Waals surface area contributed by atoms with E-state index in [0.717, 1.165) is 36.2 Å². The molecule has 4 rings (SSSR count). The zero-order valence-corrected chi connectivity index (χ0v) is 20.8. The molecule has 1 aliphatic rings. The molecule has 1 N–H and O–H groups in total. The molecule has 2 heterocycles. The van der Waals surface area contributed by atoms with Gasteiger partial charge < -0.3 is 19.7 Å². The molecular weight excluding hydrogens is 450 g/mol. The summed E-state index contributed by atoms with van der Waals surface area (Å²) in [5.74, 6) is 1.53. The lowest BCUT2D eigenvalue weighted by Crippen LogP contribution is -2.38. The van der Waals surface area contributed by atoms with Gasteiger partial charge in [-0.1, -0.05) is 43.3 Å². The number of anilines is 2. The van der Waals surface area contributed by atoms with Crippen molar-refractivity contribution in [3.63, 3.8) is 0 Å². The molecule has 1 aromatic heterocycles. The number of aryl methyl sites for hydroxylation is 1. The van der Waals surface area contributed by atoms with Gasteiger partial charge in [-0.05, 0) is 49.2 Å². The number of ether oxygens (including phenoxy) is 2. The van der Waals surface area contributed by atoms with Gasteiger partial charge in [0.05, 0.1) is 31.3 Å². The molecular formula is C25H31N5O3S. The first-order valence-corrected chi connectivity index (χ1v) is 12.3. The van der Waals surface area contributed by atoms with E-state index in [-0.39, 0.29) is 17.1 Å². The Kier molecular flexibility index (Phi) is 7.74. The molecule has 0 aliphatic carbocycles. The number of benzene rings is 2. The number of nitrogens with one attached hydrogen (secondary N) is 1. The van der Waals surface area contributed by atoms with Crippen molar-refractivity contribution in [3.8, 4) is 11.4 Å². The van der Waals surface area contributed by atoms with Gasteiger partial charge in [-0.2, -0.15) is 0 Å². The van der Waals surface area contributed by atoms with Crippen LogP contribution in [-0.4, -0.2) is 59.3 Å². The predicted octanol–water partition coefficient (Wildman–Crippen LogP) is 4.18. The molecule has 3 aromatic rings. The number of hydrogen-bond acceptors (Lipinski definition) is 7. The standard InChI is InChI=1S/C25H31N5O3S/c1-17(2)22(23(31)26-19-7-11-21(32-4)12-8-19)34-25-28-27-24(29-13-15-33-16-14-29)30(25)20-9-5-18(3)6-10-20/h5-12,17,22H,13-16H2,1-4H3,(H,26,31). The number of methoxy groups -OCH3 is 1. The zero-order chi connectivity index (χ0) is 24.1. The van der Waals surface area contributed by atoms with Gasteiger partial charge >= 0.3 is 0 Å². The van der Waals surface area contributed by atoms with Gasteiger partial charge in [0.15, 0.2) is 5.16 Å². The molecule has 180 valence electrons. The summed E-state index contributed by atoms with van der Waals surface area (Å²) in [6, 6.07) is 15.6. The van der Waals surface area contributed by atoms with Crippen molar-refractivity contribution in [3.05, 3.63) is 54.1 Å². The largest absolute Gasteiger partial charge is 0.497 e. The molecule has 1 saturated heterocycles. The van der Waals surface area contributed by atoms with Gasteiger partial charge in [0, 0.05) is 18.8 Å². The maximum atomic E-state index is 13.3. The van der Waals surface area contributed by atoms with E-state index in [1.54, 1.807) is 7.11 Å².